The summed E-state index contributed by atoms with van der Waals surface area (Å²) >= 11 is 0. The van der Waals surface area contributed by atoms with Gasteiger partial charge in [-0.25, -0.2) is 0 Å². The van der Waals surface area contributed by atoms with Crippen LogP contribution in [0.1, 0.15) is 41.9 Å². The van der Waals surface area contributed by atoms with E-state index in [1.165, 1.54) is 17.5 Å². The first kappa shape index (κ1) is 13.0. The normalized spacial score (nSPS) is 21.4. The number of anilines is 1. The van der Waals surface area contributed by atoms with Gasteiger partial charge >= 0.3 is 0 Å². The van der Waals surface area contributed by atoms with Gasteiger partial charge in [-0.05, 0) is 61.6 Å². The van der Waals surface area contributed by atoms with E-state index in [0.717, 1.165) is 23.1 Å². The molecule has 3 heteroatoms. The molecule has 1 N–H and O–H groups in total. The van der Waals surface area contributed by atoms with E-state index in [9.17, 15) is 0 Å². The molecule has 2 aromatic rings. The molecule has 0 saturated heterocycles. The molecule has 1 aliphatic carbocycles. The molecule has 1 saturated carbocycles. The van der Waals surface area contributed by atoms with Gasteiger partial charge in [-0.1, -0.05) is 13.0 Å². The van der Waals surface area contributed by atoms with Crippen molar-refractivity contribution < 1.29 is 4.42 Å². The molecule has 0 radical (unpaired) electrons. The Hall–Kier alpha value is -2.03. The van der Waals surface area contributed by atoms with Crippen LogP contribution >= 0.6 is 0 Å². The lowest BCUT2D eigenvalue weighted by Gasteiger charge is -2.03. The topological polar surface area (TPSA) is 37.5 Å². The smallest absolute Gasteiger partial charge is 0.147 e. The molecule has 3 nitrogen and oxygen atoms in total. The summed E-state index contributed by atoms with van der Waals surface area (Å²) in [4.78, 5) is 0. The average Bonchev–Trinajstić information content (AvgIpc) is 2.92. The number of nitrogens with zero attached hydrogens (tertiary/aromatic N) is 1. The molecule has 104 valence electrons. The van der Waals surface area contributed by atoms with Gasteiger partial charge in [-0.2, -0.15) is 5.10 Å². The summed E-state index contributed by atoms with van der Waals surface area (Å²) in [5, 5.41) is 4.24. The highest BCUT2D eigenvalue weighted by atomic mass is 16.3. The molecule has 1 aromatic carbocycles. The minimum absolute atomic E-state index is 0.615. The summed E-state index contributed by atoms with van der Waals surface area (Å²) < 4.78 is 5.77. The Morgan fingerprint density at radius 2 is 1.90 bits per heavy atom. The van der Waals surface area contributed by atoms with Gasteiger partial charge in [0.2, 0.25) is 0 Å². The number of aryl methyl sites for hydroxylation is 2. The number of rotatable bonds is 4. The highest BCUT2D eigenvalue weighted by Crippen LogP contribution is 2.47. The maximum atomic E-state index is 5.77. The third-order valence-electron chi connectivity index (χ3n) is 3.73. The van der Waals surface area contributed by atoms with Crippen molar-refractivity contribution in [2.45, 2.75) is 33.1 Å². The molecule has 1 aliphatic rings. The van der Waals surface area contributed by atoms with Crippen molar-refractivity contribution in [1.82, 2.24) is 0 Å². The van der Waals surface area contributed by atoms with Crippen molar-refractivity contribution in [2.24, 2.45) is 11.0 Å². The van der Waals surface area contributed by atoms with E-state index in [2.05, 4.69) is 55.6 Å². The highest BCUT2D eigenvalue weighted by Gasteiger charge is 2.36. The zero-order valence-corrected chi connectivity index (χ0v) is 12.2. The van der Waals surface area contributed by atoms with Crippen LogP contribution in [-0.4, -0.2) is 6.21 Å². The van der Waals surface area contributed by atoms with Crippen LogP contribution in [0.4, 0.5) is 5.69 Å². The highest BCUT2D eigenvalue weighted by molar-refractivity contribution is 5.76. The quantitative estimate of drug-likeness (QED) is 0.656. The molecular weight excluding hydrogens is 248 g/mol. The van der Waals surface area contributed by atoms with E-state index in [1.807, 2.05) is 6.07 Å². The lowest BCUT2D eigenvalue weighted by molar-refractivity contribution is 0.500. The van der Waals surface area contributed by atoms with Gasteiger partial charge in [-0.15, -0.1) is 0 Å². The Kier molecular flexibility index (Phi) is 3.35. The minimum atomic E-state index is 0.615. The second kappa shape index (κ2) is 5.16. The maximum Gasteiger partial charge on any atom is 0.147 e. The van der Waals surface area contributed by atoms with E-state index < -0.39 is 0 Å². The Labute approximate surface area is 119 Å². The van der Waals surface area contributed by atoms with Gasteiger partial charge in [0.15, 0.2) is 0 Å². The van der Waals surface area contributed by atoms with E-state index in [-0.39, 0.29) is 0 Å². The van der Waals surface area contributed by atoms with Crippen LogP contribution in [0.3, 0.4) is 0 Å². The van der Waals surface area contributed by atoms with E-state index in [1.54, 1.807) is 6.21 Å². The molecule has 3 rings (SSSR count). The summed E-state index contributed by atoms with van der Waals surface area (Å²) in [5.41, 5.74) is 6.50. The van der Waals surface area contributed by atoms with Gasteiger partial charge in [0, 0.05) is 5.92 Å². The van der Waals surface area contributed by atoms with E-state index in [0.29, 0.717) is 5.92 Å². The Balaban J connectivity index is 1.63. The number of benzene rings is 1. The van der Waals surface area contributed by atoms with Gasteiger partial charge in [0.25, 0.3) is 0 Å². The number of nitrogens with one attached hydrogen (secondary N) is 1. The maximum absolute atomic E-state index is 5.77. The van der Waals surface area contributed by atoms with Crippen molar-refractivity contribution in [3.05, 3.63) is 53.0 Å². The standard InChI is InChI=1S/C17H20N2O/c1-11-6-12(2)8-14(7-11)19-18-10-15-4-5-17(20-15)16-9-13(16)3/h4-8,10,13,16,19H,9H2,1-3H3/b18-10-/t13-,16+/m0/s1. The summed E-state index contributed by atoms with van der Waals surface area (Å²) in [5.74, 6) is 3.27. The molecule has 0 aliphatic heterocycles. The van der Waals surface area contributed by atoms with Crippen LogP contribution in [0.5, 0.6) is 0 Å². The Bertz CT molecular complexity index is 622. The van der Waals surface area contributed by atoms with E-state index in [4.69, 9.17) is 4.42 Å². The van der Waals surface area contributed by atoms with E-state index >= 15 is 0 Å². The molecule has 1 heterocycles. The Morgan fingerprint density at radius 1 is 1.20 bits per heavy atom. The monoisotopic (exact) mass is 268 g/mol. The summed E-state index contributed by atoms with van der Waals surface area (Å²) in [6.45, 7) is 6.41. The van der Waals surface area contributed by atoms with Crippen LogP contribution in [-0.2, 0) is 0 Å². The van der Waals surface area contributed by atoms with Crippen LogP contribution in [0.15, 0.2) is 39.9 Å². The first-order valence-corrected chi connectivity index (χ1v) is 7.09. The number of hydrazone groups is 1. The zero-order valence-electron chi connectivity index (χ0n) is 12.2. The van der Waals surface area contributed by atoms with Gasteiger partial charge in [0.1, 0.15) is 11.5 Å². The fourth-order valence-corrected chi connectivity index (χ4v) is 2.57. The van der Waals surface area contributed by atoms with Gasteiger partial charge in [0.05, 0.1) is 11.9 Å². The molecule has 1 aromatic heterocycles. The predicted molar refractivity (Wildman–Crippen MR) is 82.4 cm³/mol. The second-order valence-electron chi connectivity index (χ2n) is 5.81. The number of hydrogen-bond donors (Lipinski definition) is 1. The molecule has 2 atom stereocenters. The first-order chi connectivity index (χ1) is 9.61. The number of hydrogen-bond acceptors (Lipinski definition) is 3. The van der Waals surface area contributed by atoms with Crippen molar-refractivity contribution >= 4 is 11.9 Å². The fourth-order valence-electron chi connectivity index (χ4n) is 2.57. The molecule has 20 heavy (non-hydrogen) atoms. The largest absolute Gasteiger partial charge is 0.460 e. The molecule has 1 fully saturated rings. The SMILES string of the molecule is Cc1cc(C)cc(N/N=C\c2ccc([C@@H]3C[C@@H]3C)o2)c1. The summed E-state index contributed by atoms with van der Waals surface area (Å²) in [6.07, 6.45) is 2.97. The van der Waals surface area contributed by atoms with Gasteiger partial charge in [-0.3, -0.25) is 5.43 Å². The number of furan rings is 1. The molecular formula is C17H20N2O. The molecule has 0 amide bonds. The third kappa shape index (κ3) is 2.93. The Morgan fingerprint density at radius 3 is 2.55 bits per heavy atom. The minimum Gasteiger partial charge on any atom is -0.460 e. The predicted octanol–water partition coefficient (Wildman–Crippen LogP) is 4.47. The molecule has 0 spiro atoms. The van der Waals surface area contributed by atoms with Gasteiger partial charge < -0.3 is 4.42 Å². The van der Waals surface area contributed by atoms with Crippen molar-refractivity contribution in [1.29, 1.82) is 0 Å². The van der Waals surface area contributed by atoms with Crippen molar-refractivity contribution in [3.63, 3.8) is 0 Å². The fraction of sp³-hybridized carbons (Fsp3) is 0.353. The summed E-state index contributed by atoms with van der Waals surface area (Å²) in [6, 6.07) is 10.3. The zero-order chi connectivity index (χ0) is 14.1. The average molecular weight is 268 g/mol. The van der Waals surface area contributed by atoms with Crippen LogP contribution in [0.25, 0.3) is 0 Å². The van der Waals surface area contributed by atoms with Crippen LogP contribution in [0, 0.1) is 19.8 Å². The molecule has 0 unspecified atom stereocenters. The van der Waals surface area contributed by atoms with Crippen LogP contribution in [0.2, 0.25) is 0 Å². The summed E-state index contributed by atoms with van der Waals surface area (Å²) in [7, 11) is 0. The molecule has 0 bridgehead atoms. The third-order valence-corrected chi connectivity index (χ3v) is 3.73. The van der Waals surface area contributed by atoms with Crippen molar-refractivity contribution in [3.8, 4) is 0 Å². The lowest BCUT2D eigenvalue weighted by Crippen LogP contribution is -1.91. The second-order valence-corrected chi connectivity index (χ2v) is 5.81. The van der Waals surface area contributed by atoms with Crippen LogP contribution < -0.4 is 5.43 Å². The van der Waals surface area contributed by atoms with Crippen molar-refractivity contribution in [2.75, 3.05) is 5.43 Å². The first-order valence-electron chi connectivity index (χ1n) is 7.09. The lowest BCUT2D eigenvalue weighted by atomic mass is 10.1.